The van der Waals surface area contributed by atoms with Gasteiger partial charge >= 0.3 is 0 Å². The topological polar surface area (TPSA) is 34.2 Å². The first-order chi connectivity index (χ1) is 10.3. The van der Waals surface area contributed by atoms with Gasteiger partial charge in [-0.2, -0.15) is 0 Å². The minimum absolute atomic E-state index is 0.885. The summed E-state index contributed by atoms with van der Waals surface area (Å²) in [5, 5.41) is 5.78. The number of nitrogens with zero attached hydrogens (tertiary/aromatic N) is 1. The average molecular weight is 286 g/mol. The Morgan fingerprint density at radius 2 is 1.86 bits per heavy atom. The van der Waals surface area contributed by atoms with E-state index in [2.05, 4.69) is 23.3 Å². The zero-order valence-corrected chi connectivity index (χ0v) is 13.2. The van der Waals surface area contributed by atoms with Crippen molar-refractivity contribution in [1.82, 2.24) is 4.98 Å². The van der Waals surface area contributed by atoms with Gasteiger partial charge in [-0.15, -0.1) is 0 Å². The Kier molecular flexibility index (Phi) is 6.32. The molecule has 0 aliphatic carbocycles. The Bertz CT molecular complexity index is 554. The lowest BCUT2D eigenvalue weighted by atomic mass is 10.1. The van der Waals surface area contributed by atoms with Crippen LogP contribution in [0.15, 0.2) is 30.5 Å². The van der Waals surface area contributed by atoms with Crippen LogP contribution in [-0.4, -0.2) is 18.6 Å². The number of aromatic nitrogens is 1. The first-order valence-electron chi connectivity index (χ1n) is 8.01. The zero-order chi connectivity index (χ0) is 14.9. The second kappa shape index (κ2) is 8.50. The van der Waals surface area contributed by atoms with Crippen molar-refractivity contribution in [2.45, 2.75) is 45.4 Å². The third-order valence-electron chi connectivity index (χ3n) is 3.79. The van der Waals surface area contributed by atoms with Gasteiger partial charge in [-0.3, -0.25) is 0 Å². The average Bonchev–Trinajstić information content (AvgIpc) is 2.53. The number of methoxy groups -OCH3 is 1. The van der Waals surface area contributed by atoms with E-state index in [1.165, 1.54) is 38.5 Å². The molecule has 0 fully saturated rings. The van der Waals surface area contributed by atoms with E-state index in [0.29, 0.717) is 0 Å². The monoisotopic (exact) mass is 286 g/mol. The first-order valence-corrected chi connectivity index (χ1v) is 8.01. The third kappa shape index (κ3) is 4.62. The molecule has 1 N–H and O–H groups in total. The van der Waals surface area contributed by atoms with Crippen LogP contribution in [0.25, 0.3) is 10.8 Å². The normalized spacial score (nSPS) is 10.8. The summed E-state index contributed by atoms with van der Waals surface area (Å²) in [6.07, 6.45) is 9.73. The van der Waals surface area contributed by atoms with Gasteiger partial charge in [0.1, 0.15) is 11.6 Å². The predicted molar refractivity (Wildman–Crippen MR) is 90.2 cm³/mol. The molecule has 0 aliphatic rings. The van der Waals surface area contributed by atoms with E-state index in [1.54, 1.807) is 7.11 Å². The number of hydrogen-bond donors (Lipinski definition) is 1. The first kappa shape index (κ1) is 15.6. The SMILES string of the molecule is CCCCCCCCNc1nccc2cc(OC)ccc12. The van der Waals surface area contributed by atoms with Crippen molar-refractivity contribution in [3.8, 4) is 5.75 Å². The summed E-state index contributed by atoms with van der Waals surface area (Å²) < 4.78 is 5.27. The smallest absolute Gasteiger partial charge is 0.133 e. The lowest BCUT2D eigenvalue weighted by Crippen LogP contribution is -2.03. The lowest BCUT2D eigenvalue weighted by molar-refractivity contribution is 0.415. The van der Waals surface area contributed by atoms with Gasteiger partial charge in [0, 0.05) is 18.1 Å². The molecule has 0 saturated heterocycles. The quantitative estimate of drug-likeness (QED) is 0.657. The highest BCUT2D eigenvalue weighted by atomic mass is 16.5. The molecule has 2 rings (SSSR count). The van der Waals surface area contributed by atoms with Crippen LogP contribution in [0.5, 0.6) is 5.75 Å². The maximum Gasteiger partial charge on any atom is 0.133 e. The molecule has 0 spiro atoms. The van der Waals surface area contributed by atoms with E-state index < -0.39 is 0 Å². The molecule has 1 aromatic heterocycles. The fourth-order valence-electron chi connectivity index (χ4n) is 2.54. The summed E-state index contributed by atoms with van der Waals surface area (Å²) in [5.41, 5.74) is 0. The molecule has 114 valence electrons. The number of pyridine rings is 1. The number of fused-ring (bicyclic) bond motifs is 1. The van der Waals surface area contributed by atoms with Crippen molar-refractivity contribution in [2.24, 2.45) is 0 Å². The van der Waals surface area contributed by atoms with Crippen molar-refractivity contribution in [2.75, 3.05) is 19.0 Å². The number of nitrogens with one attached hydrogen (secondary N) is 1. The summed E-state index contributed by atoms with van der Waals surface area (Å²) in [7, 11) is 1.69. The van der Waals surface area contributed by atoms with Crippen LogP contribution in [0.4, 0.5) is 5.82 Å². The molecule has 0 atom stereocenters. The second-order valence-electron chi connectivity index (χ2n) is 5.44. The minimum Gasteiger partial charge on any atom is -0.497 e. The molecule has 21 heavy (non-hydrogen) atoms. The summed E-state index contributed by atoms with van der Waals surface area (Å²) in [6, 6.07) is 8.13. The molecule has 1 heterocycles. The fourth-order valence-corrected chi connectivity index (χ4v) is 2.54. The molecule has 3 heteroatoms. The van der Waals surface area contributed by atoms with Crippen molar-refractivity contribution >= 4 is 16.6 Å². The highest BCUT2D eigenvalue weighted by Gasteiger charge is 2.03. The Morgan fingerprint density at radius 1 is 1.05 bits per heavy atom. The van der Waals surface area contributed by atoms with Crippen LogP contribution in [-0.2, 0) is 0 Å². The maximum atomic E-state index is 5.27. The molecule has 0 unspecified atom stereocenters. The standard InChI is InChI=1S/C18H26N2O/c1-3-4-5-6-7-8-12-19-18-17-10-9-16(21-2)14-15(17)11-13-20-18/h9-11,13-14H,3-8,12H2,1-2H3,(H,19,20). The largest absolute Gasteiger partial charge is 0.497 e. The van der Waals surface area contributed by atoms with Gasteiger partial charge in [0.05, 0.1) is 7.11 Å². The van der Waals surface area contributed by atoms with E-state index in [-0.39, 0.29) is 0 Å². The Morgan fingerprint density at radius 3 is 2.67 bits per heavy atom. The number of unbranched alkanes of at least 4 members (excludes halogenated alkanes) is 5. The maximum absolute atomic E-state index is 5.27. The van der Waals surface area contributed by atoms with Gasteiger partial charge < -0.3 is 10.1 Å². The van der Waals surface area contributed by atoms with Gasteiger partial charge in [-0.1, -0.05) is 39.0 Å². The summed E-state index contributed by atoms with van der Waals surface area (Å²) >= 11 is 0. The van der Waals surface area contributed by atoms with E-state index in [9.17, 15) is 0 Å². The summed E-state index contributed by atoms with van der Waals surface area (Å²) in [5.74, 6) is 1.86. The second-order valence-corrected chi connectivity index (χ2v) is 5.44. The van der Waals surface area contributed by atoms with Gasteiger partial charge in [0.2, 0.25) is 0 Å². The van der Waals surface area contributed by atoms with Gasteiger partial charge in [-0.05, 0) is 36.1 Å². The minimum atomic E-state index is 0.885. The molecule has 0 amide bonds. The molecule has 0 radical (unpaired) electrons. The van der Waals surface area contributed by atoms with Crippen LogP contribution >= 0.6 is 0 Å². The van der Waals surface area contributed by atoms with Crippen LogP contribution in [0.2, 0.25) is 0 Å². The molecule has 0 aliphatic heterocycles. The number of rotatable bonds is 9. The van der Waals surface area contributed by atoms with Crippen molar-refractivity contribution in [3.05, 3.63) is 30.5 Å². The highest BCUT2D eigenvalue weighted by molar-refractivity contribution is 5.92. The Labute approximate surface area is 127 Å². The van der Waals surface area contributed by atoms with E-state index in [4.69, 9.17) is 4.74 Å². The fraction of sp³-hybridized carbons (Fsp3) is 0.500. The number of hydrogen-bond acceptors (Lipinski definition) is 3. The molecular weight excluding hydrogens is 260 g/mol. The van der Waals surface area contributed by atoms with E-state index >= 15 is 0 Å². The molecule has 2 aromatic rings. The molecule has 1 aromatic carbocycles. The number of benzene rings is 1. The van der Waals surface area contributed by atoms with Crippen LogP contribution < -0.4 is 10.1 Å². The predicted octanol–water partition coefficient (Wildman–Crippen LogP) is 5.02. The molecule has 0 bridgehead atoms. The number of anilines is 1. The van der Waals surface area contributed by atoms with Crippen LogP contribution in [0.3, 0.4) is 0 Å². The van der Waals surface area contributed by atoms with Gasteiger partial charge in [0.25, 0.3) is 0 Å². The zero-order valence-electron chi connectivity index (χ0n) is 13.2. The van der Waals surface area contributed by atoms with Gasteiger partial charge in [0.15, 0.2) is 0 Å². The van der Waals surface area contributed by atoms with Crippen LogP contribution in [0, 0.1) is 0 Å². The molecular formula is C18H26N2O. The summed E-state index contributed by atoms with van der Waals surface area (Å²) in [6.45, 7) is 3.24. The van der Waals surface area contributed by atoms with Gasteiger partial charge in [-0.25, -0.2) is 4.98 Å². The van der Waals surface area contributed by atoms with Crippen LogP contribution in [0.1, 0.15) is 45.4 Å². The van der Waals surface area contributed by atoms with Crippen molar-refractivity contribution in [1.29, 1.82) is 0 Å². The third-order valence-corrected chi connectivity index (χ3v) is 3.79. The summed E-state index contributed by atoms with van der Waals surface area (Å²) in [4.78, 5) is 4.46. The Hall–Kier alpha value is -1.77. The lowest BCUT2D eigenvalue weighted by Gasteiger charge is -2.09. The Balaban J connectivity index is 1.87. The van der Waals surface area contributed by atoms with E-state index in [1.807, 2.05) is 24.4 Å². The van der Waals surface area contributed by atoms with E-state index in [0.717, 1.165) is 28.9 Å². The molecule has 3 nitrogen and oxygen atoms in total. The van der Waals surface area contributed by atoms with Crippen molar-refractivity contribution < 1.29 is 4.74 Å². The van der Waals surface area contributed by atoms with Crippen molar-refractivity contribution in [3.63, 3.8) is 0 Å². The number of ether oxygens (including phenoxy) is 1. The highest BCUT2D eigenvalue weighted by Crippen LogP contribution is 2.25. The molecule has 0 saturated carbocycles.